The average Bonchev–Trinajstić information content (AvgIpc) is 2.51. The van der Waals surface area contributed by atoms with E-state index >= 15 is 0 Å². The fraction of sp³-hybridized carbons (Fsp3) is 0.167. The van der Waals surface area contributed by atoms with Gasteiger partial charge in [-0.05, 0) is 24.6 Å². The van der Waals surface area contributed by atoms with E-state index in [0.29, 0.717) is 6.54 Å². The molecular weight excluding hydrogens is 260 g/mol. The van der Waals surface area contributed by atoms with E-state index in [2.05, 4.69) is 16.6 Å². The molecule has 3 nitrogen and oxygen atoms in total. The molecule has 2 aromatic carbocycles. The second-order valence-corrected chi connectivity index (χ2v) is 4.78. The van der Waals surface area contributed by atoms with Gasteiger partial charge in [-0.15, -0.1) is 6.42 Å². The third-order valence-corrected chi connectivity index (χ3v) is 3.12. The standard InChI is InChI=1S/C18H18N2O/c1-3-13-19-17(15-7-5-4-6-8-15)18(21)20-16-11-9-14(2)10-12-16/h1,4-12,17,19H,13H2,2H3,(H,20,21)/t17-/m1/s1. The number of carbonyl (C=O) groups is 1. The highest BCUT2D eigenvalue weighted by Gasteiger charge is 2.19. The summed E-state index contributed by atoms with van der Waals surface area (Å²) in [5, 5.41) is 5.98. The van der Waals surface area contributed by atoms with Gasteiger partial charge in [-0.3, -0.25) is 10.1 Å². The highest BCUT2D eigenvalue weighted by atomic mass is 16.2. The summed E-state index contributed by atoms with van der Waals surface area (Å²) in [6.07, 6.45) is 5.28. The van der Waals surface area contributed by atoms with E-state index < -0.39 is 6.04 Å². The minimum atomic E-state index is -0.469. The van der Waals surface area contributed by atoms with Crippen molar-refractivity contribution in [3.05, 3.63) is 65.7 Å². The molecule has 0 unspecified atom stereocenters. The molecule has 2 N–H and O–H groups in total. The Balaban J connectivity index is 2.14. The Kier molecular flexibility index (Phi) is 5.14. The minimum absolute atomic E-state index is 0.125. The van der Waals surface area contributed by atoms with E-state index in [4.69, 9.17) is 6.42 Å². The molecule has 0 aromatic heterocycles. The second-order valence-electron chi connectivity index (χ2n) is 4.78. The van der Waals surface area contributed by atoms with Gasteiger partial charge in [-0.2, -0.15) is 0 Å². The Bertz CT molecular complexity index is 627. The molecule has 0 aliphatic rings. The van der Waals surface area contributed by atoms with Crippen molar-refractivity contribution in [1.82, 2.24) is 5.32 Å². The molecule has 0 aliphatic heterocycles. The van der Waals surface area contributed by atoms with E-state index in [1.54, 1.807) is 0 Å². The number of rotatable bonds is 5. The van der Waals surface area contributed by atoms with E-state index in [-0.39, 0.29) is 5.91 Å². The summed E-state index contributed by atoms with van der Waals surface area (Å²) in [5.74, 6) is 2.38. The molecule has 2 aromatic rings. The van der Waals surface area contributed by atoms with Gasteiger partial charge in [0.1, 0.15) is 6.04 Å². The SMILES string of the molecule is C#CCN[C@@H](C(=O)Nc1ccc(C)cc1)c1ccccc1. The summed E-state index contributed by atoms with van der Waals surface area (Å²) in [6.45, 7) is 2.34. The zero-order chi connectivity index (χ0) is 15.1. The quantitative estimate of drug-likeness (QED) is 0.826. The lowest BCUT2D eigenvalue weighted by Gasteiger charge is -2.17. The lowest BCUT2D eigenvalue weighted by atomic mass is 10.1. The van der Waals surface area contributed by atoms with Crippen LogP contribution in [0.3, 0.4) is 0 Å². The van der Waals surface area contributed by atoms with Crippen molar-refractivity contribution in [2.45, 2.75) is 13.0 Å². The van der Waals surface area contributed by atoms with Crippen LogP contribution in [0.5, 0.6) is 0 Å². The van der Waals surface area contributed by atoms with Crippen LogP contribution in [0, 0.1) is 19.3 Å². The second kappa shape index (κ2) is 7.28. The Morgan fingerprint density at radius 3 is 2.43 bits per heavy atom. The monoisotopic (exact) mass is 278 g/mol. The maximum Gasteiger partial charge on any atom is 0.246 e. The van der Waals surface area contributed by atoms with Crippen molar-refractivity contribution in [3.63, 3.8) is 0 Å². The van der Waals surface area contributed by atoms with Crippen LogP contribution in [0.1, 0.15) is 17.2 Å². The molecule has 0 spiro atoms. The van der Waals surface area contributed by atoms with E-state index in [0.717, 1.165) is 16.8 Å². The van der Waals surface area contributed by atoms with Crippen LogP contribution < -0.4 is 10.6 Å². The molecule has 0 bridgehead atoms. The Morgan fingerprint density at radius 2 is 1.81 bits per heavy atom. The summed E-state index contributed by atoms with van der Waals surface area (Å²) in [7, 11) is 0. The highest BCUT2D eigenvalue weighted by Crippen LogP contribution is 2.16. The van der Waals surface area contributed by atoms with Crippen LogP contribution in [0.4, 0.5) is 5.69 Å². The first-order valence-corrected chi connectivity index (χ1v) is 6.80. The van der Waals surface area contributed by atoms with Gasteiger partial charge in [0.2, 0.25) is 5.91 Å². The number of carbonyl (C=O) groups excluding carboxylic acids is 1. The first-order chi connectivity index (χ1) is 10.2. The lowest BCUT2D eigenvalue weighted by Crippen LogP contribution is -2.33. The maximum absolute atomic E-state index is 12.5. The van der Waals surface area contributed by atoms with Gasteiger partial charge >= 0.3 is 0 Å². The van der Waals surface area contributed by atoms with Gasteiger partial charge < -0.3 is 5.32 Å². The van der Waals surface area contributed by atoms with Crippen molar-refractivity contribution in [1.29, 1.82) is 0 Å². The van der Waals surface area contributed by atoms with E-state index in [9.17, 15) is 4.79 Å². The predicted molar refractivity (Wildman–Crippen MR) is 85.8 cm³/mol. The molecule has 21 heavy (non-hydrogen) atoms. The number of benzene rings is 2. The van der Waals surface area contributed by atoms with Crippen LogP contribution in [0.25, 0.3) is 0 Å². The molecule has 0 aliphatic carbocycles. The average molecular weight is 278 g/mol. The van der Waals surface area contributed by atoms with Gasteiger partial charge in [0, 0.05) is 5.69 Å². The number of hydrogen-bond acceptors (Lipinski definition) is 2. The van der Waals surface area contributed by atoms with Crippen LogP contribution >= 0.6 is 0 Å². The van der Waals surface area contributed by atoms with Crippen molar-refractivity contribution >= 4 is 11.6 Å². The molecule has 106 valence electrons. The molecule has 1 atom stereocenters. The summed E-state index contributed by atoms with van der Waals surface area (Å²) in [4.78, 5) is 12.5. The Labute approximate surface area is 125 Å². The molecular formula is C18H18N2O. The van der Waals surface area contributed by atoms with Gasteiger partial charge in [-0.1, -0.05) is 53.9 Å². The summed E-state index contributed by atoms with van der Waals surface area (Å²) >= 11 is 0. The number of hydrogen-bond donors (Lipinski definition) is 2. The number of terminal acetylenes is 1. The first-order valence-electron chi connectivity index (χ1n) is 6.80. The predicted octanol–water partition coefficient (Wildman–Crippen LogP) is 2.90. The number of aryl methyl sites for hydroxylation is 1. The molecule has 0 saturated heterocycles. The molecule has 2 rings (SSSR count). The van der Waals surface area contributed by atoms with Crippen molar-refractivity contribution in [2.24, 2.45) is 0 Å². The van der Waals surface area contributed by atoms with Crippen molar-refractivity contribution in [2.75, 3.05) is 11.9 Å². The molecule has 0 heterocycles. The van der Waals surface area contributed by atoms with Gasteiger partial charge in [0.25, 0.3) is 0 Å². The Morgan fingerprint density at radius 1 is 1.14 bits per heavy atom. The van der Waals surface area contributed by atoms with E-state index in [1.165, 1.54) is 0 Å². The smallest absolute Gasteiger partial charge is 0.246 e. The summed E-state index contributed by atoms with van der Waals surface area (Å²) in [5.41, 5.74) is 2.81. The largest absolute Gasteiger partial charge is 0.324 e. The zero-order valence-corrected chi connectivity index (χ0v) is 12.0. The molecule has 3 heteroatoms. The lowest BCUT2D eigenvalue weighted by molar-refractivity contribution is -0.118. The van der Waals surface area contributed by atoms with Crippen LogP contribution in [-0.2, 0) is 4.79 Å². The number of anilines is 1. The fourth-order valence-electron chi connectivity index (χ4n) is 2.02. The van der Waals surface area contributed by atoms with Gasteiger partial charge in [0.15, 0.2) is 0 Å². The van der Waals surface area contributed by atoms with Gasteiger partial charge in [-0.25, -0.2) is 0 Å². The molecule has 1 amide bonds. The normalized spacial score (nSPS) is 11.4. The van der Waals surface area contributed by atoms with E-state index in [1.807, 2.05) is 61.5 Å². The van der Waals surface area contributed by atoms with Crippen molar-refractivity contribution < 1.29 is 4.79 Å². The van der Waals surface area contributed by atoms with Crippen LogP contribution in [0.2, 0.25) is 0 Å². The fourth-order valence-corrected chi connectivity index (χ4v) is 2.02. The zero-order valence-electron chi connectivity index (χ0n) is 12.0. The van der Waals surface area contributed by atoms with Crippen LogP contribution in [0.15, 0.2) is 54.6 Å². The number of amides is 1. The third-order valence-electron chi connectivity index (χ3n) is 3.12. The maximum atomic E-state index is 12.5. The highest BCUT2D eigenvalue weighted by molar-refractivity contribution is 5.95. The molecule has 0 fully saturated rings. The third kappa shape index (κ3) is 4.20. The Hall–Kier alpha value is -2.57. The number of nitrogens with one attached hydrogen (secondary N) is 2. The summed E-state index contributed by atoms with van der Waals surface area (Å²) < 4.78 is 0. The molecule has 0 radical (unpaired) electrons. The topological polar surface area (TPSA) is 41.1 Å². The summed E-state index contributed by atoms with van der Waals surface area (Å²) in [6, 6.07) is 16.8. The first kappa shape index (κ1) is 14.8. The minimum Gasteiger partial charge on any atom is -0.324 e. The van der Waals surface area contributed by atoms with Crippen LogP contribution in [-0.4, -0.2) is 12.5 Å². The van der Waals surface area contributed by atoms with Gasteiger partial charge in [0.05, 0.1) is 6.54 Å². The van der Waals surface area contributed by atoms with Crippen molar-refractivity contribution in [3.8, 4) is 12.3 Å². The molecule has 0 saturated carbocycles.